The SMILES string of the molecule is CC[C@H](Oc1ccc(OC)cc1)C(=O)N[C@@H](C)COc1ccccc1C. The van der Waals surface area contributed by atoms with Gasteiger partial charge in [-0.3, -0.25) is 4.79 Å². The van der Waals surface area contributed by atoms with Crippen molar-refractivity contribution >= 4 is 5.91 Å². The number of nitrogens with one attached hydrogen (secondary N) is 1. The molecule has 0 bridgehead atoms. The predicted octanol–water partition coefficient (Wildman–Crippen LogP) is 3.74. The van der Waals surface area contributed by atoms with Crippen molar-refractivity contribution in [3.05, 3.63) is 54.1 Å². The molecule has 5 nitrogen and oxygen atoms in total. The van der Waals surface area contributed by atoms with E-state index in [-0.39, 0.29) is 11.9 Å². The first kappa shape index (κ1) is 19.6. The van der Waals surface area contributed by atoms with Crippen molar-refractivity contribution in [1.29, 1.82) is 0 Å². The van der Waals surface area contributed by atoms with Gasteiger partial charge in [-0.05, 0) is 56.2 Å². The summed E-state index contributed by atoms with van der Waals surface area (Å²) in [5, 5.41) is 2.95. The maximum Gasteiger partial charge on any atom is 0.261 e. The molecule has 2 rings (SSSR count). The lowest BCUT2D eigenvalue weighted by Crippen LogP contribution is -2.44. The van der Waals surface area contributed by atoms with Gasteiger partial charge < -0.3 is 19.5 Å². The number of ether oxygens (including phenoxy) is 3. The minimum absolute atomic E-state index is 0.129. The molecule has 0 spiro atoms. The van der Waals surface area contributed by atoms with E-state index in [0.29, 0.717) is 18.8 Å². The van der Waals surface area contributed by atoms with Crippen LogP contribution in [0.4, 0.5) is 0 Å². The first-order valence-electron chi connectivity index (χ1n) is 8.83. The van der Waals surface area contributed by atoms with E-state index in [1.807, 2.05) is 45.0 Å². The zero-order valence-corrected chi connectivity index (χ0v) is 15.8. The second kappa shape index (κ2) is 9.70. The topological polar surface area (TPSA) is 56.8 Å². The van der Waals surface area contributed by atoms with E-state index in [1.54, 1.807) is 31.4 Å². The Morgan fingerprint density at radius 3 is 2.35 bits per heavy atom. The van der Waals surface area contributed by atoms with E-state index < -0.39 is 6.10 Å². The van der Waals surface area contributed by atoms with Gasteiger partial charge in [-0.15, -0.1) is 0 Å². The van der Waals surface area contributed by atoms with Crippen LogP contribution in [0.25, 0.3) is 0 Å². The Morgan fingerprint density at radius 1 is 1.08 bits per heavy atom. The summed E-state index contributed by atoms with van der Waals surface area (Å²) in [5.74, 6) is 2.06. The average Bonchev–Trinajstić information content (AvgIpc) is 2.65. The zero-order chi connectivity index (χ0) is 18.9. The first-order chi connectivity index (χ1) is 12.5. The largest absolute Gasteiger partial charge is 0.497 e. The number of hydrogen-bond acceptors (Lipinski definition) is 4. The summed E-state index contributed by atoms with van der Waals surface area (Å²) in [6, 6.07) is 14.9. The lowest BCUT2D eigenvalue weighted by Gasteiger charge is -2.21. The van der Waals surface area contributed by atoms with Crippen LogP contribution in [-0.2, 0) is 4.79 Å². The molecule has 140 valence electrons. The summed E-state index contributed by atoms with van der Waals surface area (Å²) in [6.45, 7) is 6.22. The number of methoxy groups -OCH3 is 1. The summed E-state index contributed by atoms with van der Waals surface area (Å²) in [5.41, 5.74) is 1.07. The van der Waals surface area contributed by atoms with Crippen molar-refractivity contribution in [2.24, 2.45) is 0 Å². The second-order valence-corrected chi connectivity index (χ2v) is 6.18. The van der Waals surface area contributed by atoms with Crippen LogP contribution in [-0.4, -0.2) is 31.8 Å². The van der Waals surface area contributed by atoms with Crippen LogP contribution in [0.15, 0.2) is 48.5 Å². The predicted molar refractivity (Wildman–Crippen MR) is 102 cm³/mol. The first-order valence-corrected chi connectivity index (χ1v) is 8.83. The Hall–Kier alpha value is -2.69. The standard InChI is InChI=1S/C21H27NO4/c1-5-19(26-18-12-10-17(24-4)11-13-18)21(23)22-16(3)14-25-20-9-7-6-8-15(20)2/h6-13,16,19H,5,14H2,1-4H3,(H,22,23)/t16-,19-/m0/s1. The molecule has 0 aliphatic rings. The number of carbonyl (C=O) groups excluding carboxylic acids is 1. The molecule has 0 aromatic heterocycles. The highest BCUT2D eigenvalue weighted by Gasteiger charge is 2.20. The highest BCUT2D eigenvalue weighted by molar-refractivity contribution is 5.81. The Balaban J connectivity index is 1.85. The normalized spacial score (nSPS) is 12.8. The molecule has 0 saturated heterocycles. The average molecular weight is 357 g/mol. The van der Waals surface area contributed by atoms with E-state index in [0.717, 1.165) is 17.1 Å². The van der Waals surface area contributed by atoms with Crippen molar-refractivity contribution in [2.75, 3.05) is 13.7 Å². The Bertz CT molecular complexity index is 699. The van der Waals surface area contributed by atoms with Crippen molar-refractivity contribution < 1.29 is 19.0 Å². The van der Waals surface area contributed by atoms with Crippen molar-refractivity contribution in [3.63, 3.8) is 0 Å². The number of rotatable bonds is 9. The third kappa shape index (κ3) is 5.69. The fourth-order valence-corrected chi connectivity index (χ4v) is 2.45. The zero-order valence-electron chi connectivity index (χ0n) is 15.8. The highest BCUT2D eigenvalue weighted by atomic mass is 16.5. The molecule has 1 amide bonds. The molecule has 0 aliphatic carbocycles. The van der Waals surface area contributed by atoms with Crippen LogP contribution in [0.5, 0.6) is 17.2 Å². The third-order valence-electron chi connectivity index (χ3n) is 3.97. The molecule has 2 aromatic rings. The monoisotopic (exact) mass is 357 g/mol. The third-order valence-corrected chi connectivity index (χ3v) is 3.97. The van der Waals surface area contributed by atoms with Crippen LogP contribution in [0.1, 0.15) is 25.8 Å². The molecule has 0 heterocycles. The molecule has 0 fully saturated rings. The van der Waals surface area contributed by atoms with E-state index in [1.165, 1.54) is 0 Å². The van der Waals surface area contributed by atoms with Crippen LogP contribution in [0, 0.1) is 6.92 Å². The van der Waals surface area contributed by atoms with Crippen molar-refractivity contribution in [2.45, 2.75) is 39.3 Å². The second-order valence-electron chi connectivity index (χ2n) is 6.18. The van der Waals surface area contributed by atoms with Crippen molar-refractivity contribution in [1.82, 2.24) is 5.32 Å². The van der Waals surface area contributed by atoms with Gasteiger partial charge in [-0.1, -0.05) is 25.1 Å². The van der Waals surface area contributed by atoms with E-state index in [9.17, 15) is 4.79 Å². The minimum Gasteiger partial charge on any atom is -0.497 e. The van der Waals surface area contributed by atoms with E-state index >= 15 is 0 Å². The molecule has 5 heteroatoms. The Morgan fingerprint density at radius 2 is 1.73 bits per heavy atom. The van der Waals surface area contributed by atoms with Gasteiger partial charge in [0.1, 0.15) is 23.9 Å². The molecular formula is C21H27NO4. The van der Waals surface area contributed by atoms with E-state index in [2.05, 4.69) is 5.32 Å². The summed E-state index contributed by atoms with van der Waals surface area (Å²) in [7, 11) is 1.61. The molecule has 26 heavy (non-hydrogen) atoms. The van der Waals surface area contributed by atoms with Gasteiger partial charge in [0.15, 0.2) is 6.10 Å². The van der Waals surface area contributed by atoms with Crippen LogP contribution >= 0.6 is 0 Å². The number of benzene rings is 2. The highest BCUT2D eigenvalue weighted by Crippen LogP contribution is 2.19. The fraction of sp³-hybridized carbons (Fsp3) is 0.381. The maximum absolute atomic E-state index is 12.5. The number of hydrogen-bond donors (Lipinski definition) is 1. The lowest BCUT2D eigenvalue weighted by atomic mass is 10.2. The quantitative estimate of drug-likeness (QED) is 0.743. The summed E-state index contributed by atoms with van der Waals surface area (Å²) < 4.78 is 16.7. The van der Waals surface area contributed by atoms with Gasteiger partial charge in [0.2, 0.25) is 0 Å². The summed E-state index contributed by atoms with van der Waals surface area (Å²) >= 11 is 0. The Kier molecular flexibility index (Phi) is 7.33. The van der Waals surface area contributed by atoms with Gasteiger partial charge in [-0.25, -0.2) is 0 Å². The maximum atomic E-state index is 12.5. The molecule has 0 saturated carbocycles. The number of para-hydroxylation sites is 1. The molecule has 2 aromatic carbocycles. The number of aryl methyl sites for hydroxylation is 1. The molecule has 0 aliphatic heterocycles. The summed E-state index contributed by atoms with van der Waals surface area (Å²) in [4.78, 5) is 12.5. The van der Waals surface area contributed by atoms with Gasteiger partial charge in [0, 0.05) is 0 Å². The van der Waals surface area contributed by atoms with E-state index in [4.69, 9.17) is 14.2 Å². The van der Waals surface area contributed by atoms with Crippen LogP contribution in [0.3, 0.4) is 0 Å². The minimum atomic E-state index is -0.552. The van der Waals surface area contributed by atoms with Crippen molar-refractivity contribution in [3.8, 4) is 17.2 Å². The lowest BCUT2D eigenvalue weighted by molar-refractivity contribution is -0.128. The smallest absolute Gasteiger partial charge is 0.261 e. The van der Waals surface area contributed by atoms with Gasteiger partial charge >= 0.3 is 0 Å². The molecule has 0 radical (unpaired) electrons. The molecular weight excluding hydrogens is 330 g/mol. The molecule has 2 atom stereocenters. The number of amides is 1. The Labute approximate surface area is 155 Å². The molecule has 0 unspecified atom stereocenters. The van der Waals surface area contributed by atoms with Gasteiger partial charge in [0.05, 0.1) is 13.2 Å². The van der Waals surface area contributed by atoms with Gasteiger partial charge in [-0.2, -0.15) is 0 Å². The van der Waals surface area contributed by atoms with Crippen LogP contribution in [0.2, 0.25) is 0 Å². The van der Waals surface area contributed by atoms with Gasteiger partial charge in [0.25, 0.3) is 5.91 Å². The number of carbonyl (C=O) groups is 1. The van der Waals surface area contributed by atoms with Crippen LogP contribution < -0.4 is 19.5 Å². The summed E-state index contributed by atoms with van der Waals surface area (Å²) in [6.07, 6.45) is 0.0211. The molecule has 1 N–H and O–H groups in total. The fourth-order valence-electron chi connectivity index (χ4n) is 2.45.